The van der Waals surface area contributed by atoms with Crippen LogP contribution in [0.2, 0.25) is 0 Å². The van der Waals surface area contributed by atoms with Crippen LogP contribution in [-0.2, 0) is 25.4 Å². The predicted octanol–water partition coefficient (Wildman–Crippen LogP) is 14.7. The zero-order valence-electron chi connectivity index (χ0n) is 48.2. The van der Waals surface area contributed by atoms with Crippen LogP contribution in [0, 0.1) is 0 Å². The molecule has 0 aliphatic heterocycles. The Kier molecular flexibility index (Phi) is 19.2. The Labute approximate surface area is 506 Å². The van der Waals surface area contributed by atoms with Gasteiger partial charge in [-0.05, 0) is 68.5 Å². The molecule has 14 heteroatoms. The van der Waals surface area contributed by atoms with Gasteiger partial charge >= 0.3 is 6.09 Å². The van der Waals surface area contributed by atoms with E-state index in [1.807, 2.05) is 206 Å². The van der Waals surface area contributed by atoms with E-state index in [1.165, 1.54) is 22.7 Å². The standard InChI is InChI=1S/C43H40N4O3S.C28H30N4OS/c1-3-29(2)40-46-47-41(51-40)38(44-42(49)50-28-37-35-25-15-13-23-33(35)34-24-14-16-26-36(34)37)27-39(48)45-43(30-17-7-4-8-18-30,31-19-9-5-10-20-31)32-21-11-6-12-22-32;1-3-20(2)26-31-32-27(34-26)24(29)19-25(33)30-28(21-13-7-4-8-14-21,22-15-9-5-10-16-22)23-17-11-6-12-18-23/h4-26,29,37-38H,3,27-28H2,1-2H3,(H,44,49)(H,45,48);4-18,20,24H,3,19,29H2,1-2H3,(H,30,33)/t29-,38-;20-,24-/m00/s1. The number of ether oxygens (including phenoxy) is 1. The Hall–Kier alpha value is -8.95. The van der Waals surface area contributed by atoms with Crippen molar-refractivity contribution < 1.29 is 19.1 Å². The number of nitrogens with two attached hydrogens (primary N) is 1. The number of carbonyl (C=O) groups is 3. The molecule has 4 atom stereocenters. The summed E-state index contributed by atoms with van der Waals surface area (Å²) in [6.45, 7) is 8.60. The van der Waals surface area contributed by atoms with Crippen LogP contribution in [0.4, 0.5) is 4.79 Å². The SMILES string of the molecule is CC[C@H](C)c1nnc([C@@H](N)CC(=O)NC(c2ccccc2)(c2ccccc2)c2ccccc2)s1.CC[C@H](C)c1nnc([C@H](CC(=O)NC(c2ccccc2)(c2ccccc2)c2ccccc2)NC(=O)OCC2c3ccccc3-c3ccccc32)s1. The molecule has 0 saturated heterocycles. The average Bonchev–Trinajstić information content (AvgIpc) is 2.80. The van der Waals surface area contributed by atoms with Gasteiger partial charge in [0.05, 0.1) is 18.5 Å². The third-order valence-corrected chi connectivity index (χ3v) is 18.5. The van der Waals surface area contributed by atoms with Gasteiger partial charge in [-0.1, -0.05) is 281 Å². The van der Waals surface area contributed by atoms with Gasteiger partial charge in [0.25, 0.3) is 0 Å². The second-order valence-electron chi connectivity index (χ2n) is 21.4. The fraction of sp³-hybridized carbons (Fsp3) is 0.225. The minimum Gasteiger partial charge on any atom is -0.449 e. The number of fused-ring (bicyclic) bond motifs is 3. The van der Waals surface area contributed by atoms with Gasteiger partial charge in [-0.3, -0.25) is 9.59 Å². The molecule has 85 heavy (non-hydrogen) atoms. The van der Waals surface area contributed by atoms with Crippen molar-refractivity contribution in [3.63, 3.8) is 0 Å². The molecule has 1 aliphatic rings. The van der Waals surface area contributed by atoms with E-state index >= 15 is 0 Å². The number of rotatable bonds is 21. The van der Waals surface area contributed by atoms with Gasteiger partial charge in [0.15, 0.2) is 0 Å². The van der Waals surface area contributed by atoms with Gasteiger partial charge in [-0.15, -0.1) is 20.4 Å². The van der Waals surface area contributed by atoms with Gasteiger partial charge in [0, 0.05) is 24.2 Å². The molecular weight excluding hydrogens is 1090 g/mol. The zero-order chi connectivity index (χ0) is 59.2. The highest BCUT2D eigenvalue weighted by molar-refractivity contribution is 7.11. The molecule has 0 unspecified atom stereocenters. The number of hydrogen-bond acceptors (Lipinski definition) is 11. The number of amides is 3. The number of benzene rings is 8. The van der Waals surface area contributed by atoms with E-state index in [-0.39, 0.29) is 43.1 Å². The highest BCUT2D eigenvalue weighted by atomic mass is 32.1. The first-order chi connectivity index (χ1) is 41.5. The van der Waals surface area contributed by atoms with Crippen molar-refractivity contribution in [2.24, 2.45) is 5.73 Å². The van der Waals surface area contributed by atoms with Crippen LogP contribution in [0.1, 0.15) is 148 Å². The first-order valence-electron chi connectivity index (χ1n) is 29.0. The summed E-state index contributed by atoms with van der Waals surface area (Å²) in [5.41, 5.74) is 14.8. The predicted molar refractivity (Wildman–Crippen MR) is 339 cm³/mol. The van der Waals surface area contributed by atoms with Gasteiger partial charge in [0.2, 0.25) is 11.8 Å². The van der Waals surface area contributed by atoms with Crippen molar-refractivity contribution >= 4 is 40.6 Å². The number of aromatic nitrogens is 4. The molecule has 0 saturated carbocycles. The molecule has 1 aliphatic carbocycles. The Morgan fingerprint density at radius 1 is 0.459 bits per heavy atom. The van der Waals surface area contributed by atoms with E-state index in [4.69, 9.17) is 10.5 Å². The molecule has 430 valence electrons. The van der Waals surface area contributed by atoms with Crippen molar-refractivity contribution in [1.29, 1.82) is 0 Å². The molecule has 0 radical (unpaired) electrons. The van der Waals surface area contributed by atoms with E-state index in [2.05, 4.69) is 88.3 Å². The minimum atomic E-state index is -1.00. The molecule has 0 spiro atoms. The normalized spacial score (nSPS) is 13.4. The summed E-state index contributed by atoms with van der Waals surface area (Å²) >= 11 is 2.91. The van der Waals surface area contributed by atoms with E-state index in [0.29, 0.717) is 15.9 Å². The quantitative estimate of drug-likeness (QED) is 0.0511. The number of carbonyl (C=O) groups excluding carboxylic acids is 3. The lowest BCUT2D eigenvalue weighted by molar-refractivity contribution is -0.123. The molecule has 3 amide bonds. The maximum atomic E-state index is 14.4. The first-order valence-corrected chi connectivity index (χ1v) is 30.6. The van der Waals surface area contributed by atoms with Crippen LogP contribution in [0.3, 0.4) is 0 Å². The number of alkyl carbamates (subject to hydrolysis) is 1. The molecule has 10 aromatic rings. The monoisotopic (exact) mass is 1160 g/mol. The lowest BCUT2D eigenvalue weighted by atomic mass is 9.77. The van der Waals surface area contributed by atoms with Crippen molar-refractivity contribution in [3.05, 3.63) is 295 Å². The minimum absolute atomic E-state index is 0.0758. The lowest BCUT2D eigenvalue weighted by Crippen LogP contribution is -2.48. The summed E-state index contributed by atoms with van der Waals surface area (Å²) in [4.78, 5) is 41.6. The average molecular weight is 1160 g/mol. The Morgan fingerprint density at radius 3 is 1.15 bits per heavy atom. The maximum absolute atomic E-state index is 14.4. The van der Waals surface area contributed by atoms with E-state index < -0.39 is 29.3 Å². The van der Waals surface area contributed by atoms with Crippen LogP contribution in [-0.4, -0.2) is 44.9 Å². The summed E-state index contributed by atoms with van der Waals surface area (Å²) in [5, 5.41) is 30.3. The van der Waals surface area contributed by atoms with E-state index in [0.717, 1.165) is 78.5 Å². The largest absolute Gasteiger partial charge is 0.449 e. The zero-order valence-corrected chi connectivity index (χ0v) is 49.8. The Morgan fingerprint density at radius 2 is 0.776 bits per heavy atom. The van der Waals surface area contributed by atoms with Gasteiger partial charge in [-0.25, -0.2) is 4.79 Å². The summed E-state index contributed by atoms with van der Waals surface area (Å²) in [6, 6.07) is 75.2. The van der Waals surface area contributed by atoms with Crippen LogP contribution < -0.4 is 21.7 Å². The van der Waals surface area contributed by atoms with Crippen LogP contribution in [0.15, 0.2) is 231 Å². The first kappa shape index (κ1) is 59.2. The molecule has 5 N–H and O–H groups in total. The fourth-order valence-electron chi connectivity index (χ4n) is 11.1. The van der Waals surface area contributed by atoms with Crippen LogP contribution in [0.25, 0.3) is 11.1 Å². The molecule has 0 fully saturated rings. The summed E-state index contributed by atoms with van der Waals surface area (Å²) in [7, 11) is 0. The summed E-state index contributed by atoms with van der Waals surface area (Å²) in [5.74, 6) is 0.0167. The Balaban J connectivity index is 0.000000205. The summed E-state index contributed by atoms with van der Waals surface area (Å²) in [6.07, 6.45) is 1.30. The highest BCUT2D eigenvalue weighted by Gasteiger charge is 2.40. The highest BCUT2D eigenvalue weighted by Crippen LogP contribution is 2.45. The third kappa shape index (κ3) is 13.2. The second kappa shape index (κ2) is 27.6. The maximum Gasteiger partial charge on any atom is 0.407 e. The van der Waals surface area contributed by atoms with Crippen molar-refractivity contribution in [1.82, 2.24) is 36.3 Å². The smallest absolute Gasteiger partial charge is 0.407 e. The molecule has 12 nitrogen and oxygen atoms in total. The number of nitrogens with zero attached hydrogens (tertiary/aromatic N) is 4. The van der Waals surface area contributed by atoms with Gasteiger partial charge in [-0.2, -0.15) is 0 Å². The topological polar surface area (TPSA) is 174 Å². The molecule has 11 rings (SSSR count). The third-order valence-electron chi connectivity index (χ3n) is 15.9. The summed E-state index contributed by atoms with van der Waals surface area (Å²) < 4.78 is 5.93. The molecule has 2 heterocycles. The van der Waals surface area contributed by atoms with E-state index in [9.17, 15) is 14.4 Å². The van der Waals surface area contributed by atoms with Gasteiger partial charge < -0.3 is 26.4 Å². The lowest BCUT2D eigenvalue weighted by Gasteiger charge is -2.37. The van der Waals surface area contributed by atoms with E-state index in [1.54, 1.807) is 0 Å². The fourth-order valence-corrected chi connectivity index (χ4v) is 13.1. The number of hydrogen-bond donors (Lipinski definition) is 4. The number of nitrogens with one attached hydrogen (secondary N) is 3. The molecule has 0 bridgehead atoms. The second-order valence-corrected chi connectivity index (χ2v) is 23.5. The Bertz CT molecular complexity index is 3540. The molecule has 8 aromatic carbocycles. The molecule has 2 aromatic heterocycles. The van der Waals surface area contributed by atoms with Crippen LogP contribution in [0.5, 0.6) is 0 Å². The van der Waals surface area contributed by atoms with Crippen molar-refractivity contribution in [3.8, 4) is 11.1 Å². The molecular formula is C71H70N8O4S2. The van der Waals surface area contributed by atoms with Crippen LogP contribution >= 0.6 is 22.7 Å². The van der Waals surface area contributed by atoms with Gasteiger partial charge in [0.1, 0.15) is 37.7 Å². The van der Waals surface area contributed by atoms with Crippen molar-refractivity contribution in [2.75, 3.05) is 6.61 Å². The van der Waals surface area contributed by atoms with Crippen molar-refractivity contribution in [2.45, 2.75) is 94.3 Å².